The van der Waals surface area contributed by atoms with Crippen LogP contribution in [0.1, 0.15) is 96.1 Å². The van der Waals surface area contributed by atoms with E-state index in [-0.39, 0.29) is 18.6 Å². The van der Waals surface area contributed by atoms with Gasteiger partial charge in [-0.05, 0) is 42.8 Å². The Morgan fingerprint density at radius 3 is 2.17 bits per heavy atom. The summed E-state index contributed by atoms with van der Waals surface area (Å²) in [6.07, 6.45) is 17.6. The van der Waals surface area contributed by atoms with E-state index in [1.807, 2.05) is 0 Å². The van der Waals surface area contributed by atoms with Crippen LogP contribution in [0.15, 0.2) is 35.9 Å². The number of allylic oxidation sites excluding steroid dienone is 4. The molecule has 0 saturated carbocycles. The average molecular weight is 480 g/mol. The van der Waals surface area contributed by atoms with Gasteiger partial charge in [0.1, 0.15) is 0 Å². The Bertz CT molecular complexity index is 779. The van der Waals surface area contributed by atoms with E-state index in [1.165, 1.54) is 86.5 Å². The number of fused-ring (bicyclic) bond motifs is 1. The maximum atomic E-state index is 9.10. The quantitative estimate of drug-likeness (QED) is 0.191. The van der Waals surface area contributed by atoms with Crippen LogP contribution in [0.25, 0.3) is 5.57 Å². The molecule has 0 amide bonds. The molecule has 192 valence electrons. The molecular formula is C29H46B2O4. The third-order valence-electron chi connectivity index (χ3n) is 7.16. The molecule has 6 heteroatoms. The van der Waals surface area contributed by atoms with Crippen LogP contribution in [-0.2, 0) is 14.7 Å². The van der Waals surface area contributed by atoms with Gasteiger partial charge in [-0.15, -0.1) is 0 Å². The molecule has 0 heterocycles. The molecule has 4 nitrogen and oxygen atoms in total. The minimum Gasteiger partial charge on any atom is -0.438 e. The first-order chi connectivity index (χ1) is 17.1. The van der Waals surface area contributed by atoms with Crippen LogP contribution < -0.4 is 5.46 Å². The summed E-state index contributed by atoms with van der Waals surface area (Å²) in [5.74, 6) is 0. The normalized spacial score (nSPS) is 14.7. The Morgan fingerprint density at radius 2 is 1.54 bits per heavy atom. The fourth-order valence-corrected chi connectivity index (χ4v) is 5.27. The number of benzene rings is 1. The van der Waals surface area contributed by atoms with Gasteiger partial charge in [0.05, 0.1) is 26.4 Å². The topological polar surface area (TPSA) is 58.9 Å². The third-order valence-corrected chi connectivity index (χ3v) is 7.16. The zero-order chi connectivity index (χ0) is 25.4. The molecule has 2 radical (unpaired) electrons. The summed E-state index contributed by atoms with van der Waals surface area (Å²) in [7, 11) is 3.55. The van der Waals surface area contributed by atoms with Crippen LogP contribution in [0.3, 0.4) is 0 Å². The molecule has 0 saturated heterocycles. The number of hydrogen-bond donors (Lipinski definition) is 2. The number of unbranched alkanes of at least 4 members (excludes halogenated alkanes) is 6. The molecule has 1 aromatic rings. The van der Waals surface area contributed by atoms with Crippen molar-refractivity contribution in [3.8, 4) is 0 Å². The molecule has 1 aromatic carbocycles. The Balaban J connectivity index is 2.38. The highest BCUT2D eigenvalue weighted by Gasteiger charge is 2.41. The molecule has 0 unspecified atom stereocenters. The van der Waals surface area contributed by atoms with Gasteiger partial charge in [0.25, 0.3) is 7.48 Å². The van der Waals surface area contributed by atoms with Crippen molar-refractivity contribution in [2.75, 3.05) is 26.4 Å². The Hall–Kier alpha value is -1.33. The molecule has 0 atom stereocenters. The van der Waals surface area contributed by atoms with E-state index in [2.05, 4.69) is 51.1 Å². The highest BCUT2D eigenvalue weighted by Crippen LogP contribution is 2.52. The van der Waals surface area contributed by atoms with E-state index >= 15 is 0 Å². The number of rotatable bonds is 20. The second-order valence-electron chi connectivity index (χ2n) is 9.66. The fourth-order valence-electron chi connectivity index (χ4n) is 5.27. The summed E-state index contributed by atoms with van der Waals surface area (Å²) in [6, 6.07) is 6.70. The first kappa shape index (κ1) is 29.9. The largest absolute Gasteiger partial charge is 0.438 e. The van der Waals surface area contributed by atoms with Gasteiger partial charge in [-0.1, -0.05) is 107 Å². The Morgan fingerprint density at radius 1 is 0.886 bits per heavy atom. The van der Waals surface area contributed by atoms with Crippen molar-refractivity contribution in [3.63, 3.8) is 0 Å². The smallest absolute Gasteiger partial charge is 0.330 e. The second kappa shape index (κ2) is 17.2. The van der Waals surface area contributed by atoms with E-state index in [0.29, 0.717) is 19.5 Å². The summed E-state index contributed by atoms with van der Waals surface area (Å²) in [5.41, 5.74) is 6.72. The molecular weight excluding hydrogens is 434 g/mol. The van der Waals surface area contributed by atoms with Crippen molar-refractivity contribution in [2.24, 2.45) is 0 Å². The number of aliphatic hydroxyl groups excluding tert-OH is 2. The highest BCUT2D eigenvalue weighted by molar-refractivity contribution is 6.47. The third kappa shape index (κ3) is 8.93. The Kier molecular flexibility index (Phi) is 14.7. The van der Waals surface area contributed by atoms with Crippen molar-refractivity contribution in [1.29, 1.82) is 0 Å². The van der Waals surface area contributed by atoms with Gasteiger partial charge in [-0.3, -0.25) is 0 Å². The highest BCUT2D eigenvalue weighted by atomic mass is 16.4. The second-order valence-corrected chi connectivity index (χ2v) is 9.66. The van der Waals surface area contributed by atoms with E-state index in [1.54, 1.807) is 15.0 Å². The van der Waals surface area contributed by atoms with Gasteiger partial charge < -0.3 is 19.5 Å². The lowest BCUT2D eigenvalue weighted by atomic mass is 9.69. The van der Waals surface area contributed by atoms with Gasteiger partial charge in [-0.25, -0.2) is 0 Å². The molecule has 1 aliphatic carbocycles. The predicted octanol–water partition coefficient (Wildman–Crippen LogP) is 5.51. The average Bonchev–Trinajstić information content (AvgIpc) is 3.09. The molecule has 0 spiro atoms. The summed E-state index contributed by atoms with van der Waals surface area (Å²) >= 11 is 0. The molecule has 0 aromatic heterocycles. The minimum absolute atomic E-state index is 0.0227. The van der Waals surface area contributed by atoms with E-state index in [4.69, 9.17) is 19.5 Å². The summed E-state index contributed by atoms with van der Waals surface area (Å²) in [6.45, 7) is 7.61. The molecule has 0 aliphatic heterocycles. The van der Waals surface area contributed by atoms with Gasteiger partial charge in [0.2, 0.25) is 0 Å². The minimum atomic E-state index is 0.0227. The maximum absolute atomic E-state index is 9.10. The lowest BCUT2D eigenvalue weighted by Gasteiger charge is -2.34. The van der Waals surface area contributed by atoms with Crippen LogP contribution in [0.5, 0.6) is 0 Å². The van der Waals surface area contributed by atoms with Crippen molar-refractivity contribution in [3.05, 3.63) is 47.1 Å². The van der Waals surface area contributed by atoms with Gasteiger partial charge in [0.15, 0.2) is 0 Å². The molecule has 1 aliphatic rings. The maximum Gasteiger partial charge on any atom is 0.330 e. The van der Waals surface area contributed by atoms with Gasteiger partial charge >= 0.3 is 7.48 Å². The lowest BCUT2D eigenvalue weighted by molar-refractivity contribution is 0.207. The fraction of sp³-hybridized carbons (Fsp3) is 0.655. The van der Waals surface area contributed by atoms with Crippen LogP contribution in [0, 0.1) is 0 Å². The number of aliphatic hydroxyl groups is 2. The molecule has 0 fully saturated rings. The SMILES string of the molecule is CCCCCCC1(CCCCCC)C(C)=C(/C=C\C[B]OCCO)c2ccc([B]OCCO)cc21. The Labute approximate surface area is 215 Å². The predicted molar refractivity (Wildman–Crippen MR) is 149 cm³/mol. The number of hydrogen-bond acceptors (Lipinski definition) is 4. The first-order valence-corrected chi connectivity index (χ1v) is 13.8. The van der Waals surface area contributed by atoms with Gasteiger partial charge in [0, 0.05) is 5.41 Å². The van der Waals surface area contributed by atoms with E-state index < -0.39 is 0 Å². The van der Waals surface area contributed by atoms with Gasteiger partial charge in [-0.2, -0.15) is 0 Å². The molecule has 35 heavy (non-hydrogen) atoms. The van der Waals surface area contributed by atoms with Crippen LogP contribution in [0.4, 0.5) is 0 Å². The van der Waals surface area contributed by atoms with Crippen LogP contribution in [0.2, 0.25) is 6.32 Å². The molecule has 0 bridgehead atoms. The molecule has 2 rings (SSSR count). The van der Waals surface area contributed by atoms with E-state index in [0.717, 1.165) is 5.46 Å². The van der Waals surface area contributed by atoms with Crippen molar-refractivity contribution < 1.29 is 19.5 Å². The van der Waals surface area contributed by atoms with Crippen molar-refractivity contribution >= 4 is 26.0 Å². The summed E-state index contributed by atoms with van der Waals surface area (Å²) in [5, 5.41) is 18.0. The van der Waals surface area contributed by atoms with E-state index in [9.17, 15) is 0 Å². The van der Waals surface area contributed by atoms with Crippen LogP contribution >= 0.6 is 0 Å². The zero-order valence-corrected chi connectivity index (χ0v) is 22.4. The first-order valence-electron chi connectivity index (χ1n) is 13.8. The monoisotopic (exact) mass is 480 g/mol. The summed E-state index contributed by atoms with van der Waals surface area (Å²) in [4.78, 5) is 0. The molecule has 2 N–H and O–H groups in total. The summed E-state index contributed by atoms with van der Waals surface area (Å²) < 4.78 is 10.9. The zero-order valence-electron chi connectivity index (χ0n) is 22.4. The van der Waals surface area contributed by atoms with Crippen molar-refractivity contribution in [1.82, 2.24) is 0 Å². The van der Waals surface area contributed by atoms with Crippen LogP contribution in [-0.4, -0.2) is 51.6 Å². The lowest BCUT2D eigenvalue weighted by Crippen LogP contribution is -2.28. The standard InChI is InChI=1S/C29H46B2O4/c1-4-6-8-10-16-29(17-11-9-7-5-2)24(3)26(13-12-18-30-34-21-19-32)27-15-14-25(23-28(27)29)31-35-22-20-33/h12-15,23,32-33H,4-11,16-22H2,1-3H3/b13-12-. The van der Waals surface area contributed by atoms with Crippen molar-refractivity contribution in [2.45, 2.75) is 96.7 Å².